The summed E-state index contributed by atoms with van der Waals surface area (Å²) in [6, 6.07) is 5.63. The van der Waals surface area contributed by atoms with Gasteiger partial charge in [-0.1, -0.05) is 6.07 Å². The number of carbonyl (C=O) groups excluding carboxylic acids is 1. The molecule has 7 heteroatoms. The van der Waals surface area contributed by atoms with Gasteiger partial charge in [0.15, 0.2) is 11.5 Å². The maximum absolute atomic E-state index is 12.6. The van der Waals surface area contributed by atoms with Gasteiger partial charge in [0.1, 0.15) is 0 Å². The zero-order valence-electron chi connectivity index (χ0n) is 15.4. The molecule has 1 saturated heterocycles. The fraction of sp³-hybridized carbons (Fsp3) is 0.474. The van der Waals surface area contributed by atoms with Crippen LogP contribution in [0.2, 0.25) is 0 Å². The van der Waals surface area contributed by atoms with Crippen molar-refractivity contribution in [3.8, 4) is 11.5 Å². The number of amides is 1. The molecule has 140 valence electrons. The van der Waals surface area contributed by atoms with E-state index < -0.39 is 0 Å². The number of rotatable bonds is 7. The van der Waals surface area contributed by atoms with E-state index >= 15 is 0 Å². The molecule has 7 nitrogen and oxygen atoms in total. The van der Waals surface area contributed by atoms with Crippen LogP contribution in [0.15, 0.2) is 36.9 Å². The summed E-state index contributed by atoms with van der Waals surface area (Å²) in [5.41, 5.74) is 0.940. The standard InChI is InChI=1S/C19H26N4O3/c1-25-17-4-3-16(13-18(17)26-2)14-19(24)23-11-9-21(10-12-23)7-8-22-6-5-20-15-22/h3-6,13,15H,7-12,14H2,1-2H3. The average molecular weight is 358 g/mol. The summed E-state index contributed by atoms with van der Waals surface area (Å²) in [6.45, 7) is 5.28. The molecule has 1 aromatic heterocycles. The molecular formula is C19H26N4O3. The summed E-state index contributed by atoms with van der Waals surface area (Å²) >= 11 is 0. The second kappa shape index (κ2) is 8.71. The summed E-state index contributed by atoms with van der Waals surface area (Å²) < 4.78 is 12.6. The molecule has 0 spiro atoms. The minimum atomic E-state index is 0.159. The molecule has 1 aromatic carbocycles. The molecule has 0 aliphatic carbocycles. The lowest BCUT2D eigenvalue weighted by Crippen LogP contribution is -2.49. The van der Waals surface area contributed by atoms with Crippen molar-refractivity contribution in [1.82, 2.24) is 19.4 Å². The number of imidazole rings is 1. The molecule has 0 bridgehead atoms. The Morgan fingerprint density at radius 1 is 1.08 bits per heavy atom. The fourth-order valence-electron chi connectivity index (χ4n) is 3.17. The van der Waals surface area contributed by atoms with Crippen LogP contribution in [0.3, 0.4) is 0 Å². The van der Waals surface area contributed by atoms with E-state index in [0.717, 1.165) is 44.8 Å². The monoisotopic (exact) mass is 358 g/mol. The largest absolute Gasteiger partial charge is 0.493 e. The Balaban J connectivity index is 1.47. The first-order valence-electron chi connectivity index (χ1n) is 8.86. The lowest BCUT2D eigenvalue weighted by molar-refractivity contribution is -0.132. The third-order valence-electron chi connectivity index (χ3n) is 4.76. The average Bonchev–Trinajstić information content (AvgIpc) is 3.20. The van der Waals surface area contributed by atoms with Gasteiger partial charge in [0.2, 0.25) is 5.91 Å². The second-order valence-corrected chi connectivity index (χ2v) is 6.39. The van der Waals surface area contributed by atoms with Gasteiger partial charge in [0.05, 0.1) is 27.0 Å². The van der Waals surface area contributed by atoms with Crippen LogP contribution in [-0.2, 0) is 17.8 Å². The molecular weight excluding hydrogens is 332 g/mol. The van der Waals surface area contributed by atoms with Gasteiger partial charge in [0, 0.05) is 51.7 Å². The number of hydrogen-bond donors (Lipinski definition) is 0. The molecule has 2 heterocycles. The minimum Gasteiger partial charge on any atom is -0.493 e. The van der Waals surface area contributed by atoms with Gasteiger partial charge < -0.3 is 18.9 Å². The van der Waals surface area contributed by atoms with Gasteiger partial charge in [-0.25, -0.2) is 4.98 Å². The summed E-state index contributed by atoms with van der Waals surface area (Å²) in [7, 11) is 3.21. The molecule has 2 aromatic rings. The molecule has 1 amide bonds. The van der Waals surface area contributed by atoms with E-state index in [1.54, 1.807) is 20.4 Å². The van der Waals surface area contributed by atoms with Crippen LogP contribution >= 0.6 is 0 Å². The molecule has 1 aliphatic heterocycles. The zero-order chi connectivity index (χ0) is 18.4. The molecule has 0 N–H and O–H groups in total. The lowest BCUT2D eigenvalue weighted by Gasteiger charge is -2.34. The highest BCUT2D eigenvalue weighted by Crippen LogP contribution is 2.27. The number of methoxy groups -OCH3 is 2. The Labute approximate surface area is 154 Å². The lowest BCUT2D eigenvalue weighted by atomic mass is 10.1. The molecule has 0 radical (unpaired) electrons. The first-order chi connectivity index (χ1) is 12.7. The topological polar surface area (TPSA) is 59.8 Å². The number of nitrogens with zero attached hydrogens (tertiary/aromatic N) is 4. The van der Waals surface area contributed by atoms with Crippen LogP contribution in [0.1, 0.15) is 5.56 Å². The predicted molar refractivity (Wildman–Crippen MR) is 98.5 cm³/mol. The third-order valence-corrected chi connectivity index (χ3v) is 4.76. The van der Waals surface area contributed by atoms with E-state index in [4.69, 9.17) is 9.47 Å². The van der Waals surface area contributed by atoms with E-state index in [2.05, 4.69) is 14.5 Å². The van der Waals surface area contributed by atoms with Crippen LogP contribution in [0.5, 0.6) is 11.5 Å². The highest BCUT2D eigenvalue weighted by molar-refractivity contribution is 5.79. The van der Waals surface area contributed by atoms with Crippen LogP contribution in [0, 0.1) is 0 Å². The maximum Gasteiger partial charge on any atom is 0.227 e. The minimum absolute atomic E-state index is 0.159. The predicted octanol–water partition coefficient (Wildman–Crippen LogP) is 1.29. The number of piperazine rings is 1. The van der Waals surface area contributed by atoms with Crippen LogP contribution < -0.4 is 9.47 Å². The highest BCUT2D eigenvalue weighted by atomic mass is 16.5. The van der Waals surface area contributed by atoms with E-state index in [-0.39, 0.29) is 5.91 Å². The van der Waals surface area contributed by atoms with Crippen molar-refractivity contribution < 1.29 is 14.3 Å². The highest BCUT2D eigenvalue weighted by Gasteiger charge is 2.21. The second-order valence-electron chi connectivity index (χ2n) is 6.39. The third kappa shape index (κ3) is 4.54. The van der Waals surface area contributed by atoms with Crippen molar-refractivity contribution in [2.24, 2.45) is 0 Å². The van der Waals surface area contributed by atoms with Crippen molar-refractivity contribution in [3.05, 3.63) is 42.5 Å². The van der Waals surface area contributed by atoms with E-state index in [9.17, 15) is 4.79 Å². The molecule has 3 rings (SSSR count). The zero-order valence-corrected chi connectivity index (χ0v) is 15.4. The summed E-state index contributed by atoms with van der Waals surface area (Å²) in [5.74, 6) is 1.49. The molecule has 0 unspecified atom stereocenters. The Morgan fingerprint density at radius 2 is 1.85 bits per heavy atom. The van der Waals surface area contributed by atoms with Crippen molar-refractivity contribution >= 4 is 5.91 Å². The van der Waals surface area contributed by atoms with E-state index in [0.29, 0.717) is 17.9 Å². The van der Waals surface area contributed by atoms with Gasteiger partial charge >= 0.3 is 0 Å². The van der Waals surface area contributed by atoms with Gasteiger partial charge in [-0.15, -0.1) is 0 Å². The quantitative estimate of drug-likeness (QED) is 0.746. The van der Waals surface area contributed by atoms with Crippen LogP contribution in [-0.4, -0.2) is 72.2 Å². The smallest absolute Gasteiger partial charge is 0.227 e. The number of ether oxygens (including phenoxy) is 2. The summed E-state index contributed by atoms with van der Waals surface area (Å²) in [5, 5.41) is 0. The van der Waals surface area contributed by atoms with Crippen LogP contribution in [0.25, 0.3) is 0 Å². The molecule has 0 atom stereocenters. The van der Waals surface area contributed by atoms with Gasteiger partial charge in [-0.2, -0.15) is 0 Å². The van der Waals surface area contributed by atoms with Crippen molar-refractivity contribution in [1.29, 1.82) is 0 Å². The SMILES string of the molecule is COc1ccc(CC(=O)N2CCN(CCn3ccnc3)CC2)cc1OC. The Hall–Kier alpha value is -2.54. The summed E-state index contributed by atoms with van der Waals surface area (Å²) in [6.07, 6.45) is 5.99. The molecule has 1 fully saturated rings. The number of hydrogen-bond acceptors (Lipinski definition) is 5. The van der Waals surface area contributed by atoms with Crippen molar-refractivity contribution in [2.75, 3.05) is 46.9 Å². The molecule has 26 heavy (non-hydrogen) atoms. The van der Waals surface area contributed by atoms with Gasteiger partial charge in [-0.3, -0.25) is 9.69 Å². The van der Waals surface area contributed by atoms with Crippen LogP contribution in [0.4, 0.5) is 0 Å². The number of aromatic nitrogens is 2. The number of carbonyl (C=O) groups is 1. The number of benzene rings is 1. The van der Waals surface area contributed by atoms with Crippen molar-refractivity contribution in [3.63, 3.8) is 0 Å². The Kier molecular flexibility index (Phi) is 6.12. The van der Waals surface area contributed by atoms with E-state index in [1.807, 2.05) is 35.6 Å². The Morgan fingerprint density at radius 3 is 2.50 bits per heavy atom. The Bertz CT molecular complexity index is 710. The van der Waals surface area contributed by atoms with E-state index in [1.165, 1.54) is 0 Å². The van der Waals surface area contributed by atoms with Gasteiger partial charge in [-0.05, 0) is 17.7 Å². The van der Waals surface area contributed by atoms with Crippen molar-refractivity contribution in [2.45, 2.75) is 13.0 Å². The first-order valence-corrected chi connectivity index (χ1v) is 8.86. The summed E-state index contributed by atoms with van der Waals surface area (Å²) in [4.78, 5) is 21.0. The molecule has 0 saturated carbocycles. The normalized spacial score (nSPS) is 15.1. The van der Waals surface area contributed by atoms with Gasteiger partial charge in [0.25, 0.3) is 0 Å². The first kappa shape index (κ1) is 18.3. The fourth-order valence-corrected chi connectivity index (χ4v) is 3.17. The molecule has 1 aliphatic rings. The maximum atomic E-state index is 12.6.